The van der Waals surface area contributed by atoms with Gasteiger partial charge in [-0.3, -0.25) is 9.59 Å². The van der Waals surface area contributed by atoms with Crippen LogP contribution >= 0.6 is 0 Å². The molecule has 2 heterocycles. The van der Waals surface area contributed by atoms with Crippen LogP contribution in [-0.4, -0.2) is 20.2 Å². The molecule has 116 valence electrons. The number of para-hydroxylation sites is 2. The first-order chi connectivity index (χ1) is 11.0. The number of rotatable bonds is 2. The zero-order chi connectivity index (χ0) is 16.2. The third-order valence-corrected chi connectivity index (χ3v) is 5.74. The Balaban J connectivity index is 1.86. The molecule has 0 radical (unpaired) electrons. The molecule has 0 aromatic heterocycles. The van der Waals surface area contributed by atoms with Crippen molar-refractivity contribution in [3.63, 3.8) is 0 Å². The number of amides is 2. The fraction of sp³-hybridized carbons (Fsp3) is 0.125. The van der Waals surface area contributed by atoms with E-state index in [1.807, 2.05) is 0 Å². The molecule has 0 atom stereocenters. The van der Waals surface area contributed by atoms with E-state index >= 15 is 0 Å². The Bertz CT molecular complexity index is 881. The van der Waals surface area contributed by atoms with Crippen molar-refractivity contribution >= 4 is 33.4 Å². The van der Waals surface area contributed by atoms with Crippen LogP contribution in [0.2, 0.25) is 0 Å². The Hall–Kier alpha value is -2.67. The molecule has 2 aromatic rings. The lowest BCUT2D eigenvalue weighted by atomic mass is 10.2. The van der Waals surface area contributed by atoms with Crippen LogP contribution in [0, 0.1) is 0 Å². The minimum Gasteiger partial charge on any atom is -0.273 e. The maximum atomic E-state index is 13.0. The van der Waals surface area contributed by atoms with E-state index in [0.29, 0.717) is 22.5 Å². The van der Waals surface area contributed by atoms with E-state index in [0.717, 1.165) is 8.61 Å². The second-order valence-electron chi connectivity index (χ2n) is 5.44. The van der Waals surface area contributed by atoms with Crippen molar-refractivity contribution < 1.29 is 18.0 Å². The number of carbonyl (C=O) groups is 2. The Morgan fingerprint density at radius 3 is 1.52 bits per heavy atom. The summed E-state index contributed by atoms with van der Waals surface area (Å²) in [4.78, 5) is 24.5. The Morgan fingerprint density at radius 1 is 0.696 bits per heavy atom. The number of carbonyl (C=O) groups excluding carboxylic acids is 2. The molecule has 2 amide bonds. The number of benzene rings is 2. The minimum atomic E-state index is -4.30. The zero-order valence-corrected chi connectivity index (χ0v) is 12.8. The maximum Gasteiger partial charge on any atom is 0.339 e. The standard InChI is InChI=1S/C16H12N2O4S/c19-15-9-11-5-1-3-7-13(11)17(15)23(21,22)18-14-8-4-2-6-12(14)10-16(18)20/h1-8H,9-10H2. The summed E-state index contributed by atoms with van der Waals surface area (Å²) in [6.45, 7) is 0. The molecule has 0 saturated carbocycles. The minimum absolute atomic E-state index is 0.0130. The molecule has 6 nitrogen and oxygen atoms in total. The van der Waals surface area contributed by atoms with Crippen molar-refractivity contribution in [2.75, 3.05) is 8.61 Å². The van der Waals surface area contributed by atoms with E-state index < -0.39 is 22.0 Å². The predicted octanol–water partition coefficient (Wildman–Crippen LogP) is 1.41. The normalized spacial score (nSPS) is 16.7. The molecule has 0 fully saturated rings. The fourth-order valence-corrected chi connectivity index (χ4v) is 4.70. The zero-order valence-electron chi connectivity index (χ0n) is 12.0. The molecule has 0 N–H and O–H groups in total. The predicted molar refractivity (Wildman–Crippen MR) is 84.2 cm³/mol. The van der Waals surface area contributed by atoms with Crippen molar-refractivity contribution in [3.8, 4) is 0 Å². The van der Waals surface area contributed by atoms with Crippen LogP contribution in [-0.2, 0) is 32.6 Å². The molecule has 2 aromatic carbocycles. The number of anilines is 2. The Labute approximate surface area is 133 Å². The SMILES string of the molecule is O=C1Cc2ccccc2N1S(=O)(=O)N1C(=O)Cc2ccccc21. The number of nitrogens with zero attached hydrogens (tertiary/aromatic N) is 2. The van der Waals surface area contributed by atoms with Crippen molar-refractivity contribution in [1.82, 2.24) is 0 Å². The molecule has 7 heteroatoms. The highest BCUT2D eigenvalue weighted by Crippen LogP contribution is 2.37. The molecule has 4 rings (SSSR count). The van der Waals surface area contributed by atoms with Gasteiger partial charge in [0.2, 0.25) is 11.8 Å². The van der Waals surface area contributed by atoms with Gasteiger partial charge in [-0.05, 0) is 23.3 Å². The third kappa shape index (κ3) is 1.90. The average Bonchev–Trinajstić information content (AvgIpc) is 3.02. The molecule has 23 heavy (non-hydrogen) atoms. The smallest absolute Gasteiger partial charge is 0.273 e. The summed E-state index contributed by atoms with van der Waals surface area (Å²) in [5.74, 6) is -1.10. The summed E-state index contributed by atoms with van der Waals surface area (Å²) in [6, 6.07) is 13.4. The van der Waals surface area contributed by atoms with Gasteiger partial charge in [0.25, 0.3) is 0 Å². The van der Waals surface area contributed by atoms with E-state index in [1.54, 1.807) is 48.5 Å². The van der Waals surface area contributed by atoms with Crippen LogP contribution in [0.5, 0.6) is 0 Å². The van der Waals surface area contributed by atoms with Crippen LogP contribution in [0.1, 0.15) is 11.1 Å². The highest BCUT2D eigenvalue weighted by atomic mass is 32.2. The maximum absolute atomic E-state index is 13.0. The van der Waals surface area contributed by atoms with E-state index in [4.69, 9.17) is 0 Å². The van der Waals surface area contributed by atoms with Gasteiger partial charge < -0.3 is 0 Å². The lowest BCUT2D eigenvalue weighted by Crippen LogP contribution is -2.47. The van der Waals surface area contributed by atoms with E-state index in [1.165, 1.54) is 0 Å². The summed E-state index contributed by atoms with van der Waals surface area (Å²) < 4.78 is 27.5. The topological polar surface area (TPSA) is 74.8 Å². The first-order valence-electron chi connectivity index (χ1n) is 7.07. The van der Waals surface area contributed by atoms with Crippen molar-refractivity contribution in [3.05, 3.63) is 59.7 Å². The molecule has 2 aliphatic rings. The molecule has 0 spiro atoms. The molecular formula is C16H12N2O4S. The van der Waals surface area contributed by atoms with Gasteiger partial charge in [0, 0.05) is 0 Å². The van der Waals surface area contributed by atoms with E-state index in [-0.39, 0.29) is 12.8 Å². The summed E-state index contributed by atoms with van der Waals surface area (Å²) in [5, 5.41) is 0. The van der Waals surface area contributed by atoms with Crippen LogP contribution in [0.25, 0.3) is 0 Å². The van der Waals surface area contributed by atoms with Crippen LogP contribution < -0.4 is 8.61 Å². The molecule has 2 aliphatic heterocycles. The van der Waals surface area contributed by atoms with Crippen LogP contribution in [0.15, 0.2) is 48.5 Å². The van der Waals surface area contributed by atoms with Crippen molar-refractivity contribution in [2.24, 2.45) is 0 Å². The lowest BCUT2D eigenvalue weighted by Gasteiger charge is -2.24. The fourth-order valence-electron chi connectivity index (χ4n) is 3.04. The molecule has 0 bridgehead atoms. The molecule has 0 saturated heterocycles. The van der Waals surface area contributed by atoms with Crippen LogP contribution in [0.3, 0.4) is 0 Å². The average molecular weight is 328 g/mol. The van der Waals surface area contributed by atoms with Gasteiger partial charge in [-0.1, -0.05) is 36.4 Å². The highest BCUT2D eigenvalue weighted by molar-refractivity contribution is 7.95. The first-order valence-corrected chi connectivity index (χ1v) is 8.47. The van der Waals surface area contributed by atoms with Gasteiger partial charge in [-0.15, -0.1) is 0 Å². The molecular weight excluding hydrogens is 316 g/mol. The summed E-state index contributed by atoms with van der Waals surface area (Å²) in [5.41, 5.74) is 1.91. The van der Waals surface area contributed by atoms with E-state index in [9.17, 15) is 18.0 Å². The van der Waals surface area contributed by atoms with Gasteiger partial charge in [0.1, 0.15) is 0 Å². The highest BCUT2D eigenvalue weighted by Gasteiger charge is 2.45. The van der Waals surface area contributed by atoms with Gasteiger partial charge in [-0.25, -0.2) is 0 Å². The summed E-state index contributed by atoms with van der Waals surface area (Å²) in [6.07, 6.45) is 0.0260. The van der Waals surface area contributed by atoms with Crippen molar-refractivity contribution in [2.45, 2.75) is 12.8 Å². The van der Waals surface area contributed by atoms with Gasteiger partial charge >= 0.3 is 10.2 Å². The second-order valence-corrected chi connectivity index (χ2v) is 7.06. The second kappa shape index (κ2) is 4.66. The van der Waals surface area contributed by atoms with E-state index in [2.05, 4.69) is 0 Å². The summed E-state index contributed by atoms with van der Waals surface area (Å²) in [7, 11) is -4.30. The largest absolute Gasteiger partial charge is 0.339 e. The first kappa shape index (κ1) is 14.0. The number of hydrogen-bond acceptors (Lipinski definition) is 4. The molecule has 0 unspecified atom stereocenters. The monoisotopic (exact) mass is 328 g/mol. The Morgan fingerprint density at radius 2 is 1.09 bits per heavy atom. The summed E-state index contributed by atoms with van der Waals surface area (Å²) >= 11 is 0. The van der Waals surface area contributed by atoms with Crippen molar-refractivity contribution in [1.29, 1.82) is 0 Å². The van der Waals surface area contributed by atoms with Gasteiger partial charge in [0.15, 0.2) is 0 Å². The quantitative estimate of drug-likeness (QED) is 0.835. The third-order valence-electron chi connectivity index (χ3n) is 4.02. The van der Waals surface area contributed by atoms with Crippen LogP contribution in [0.4, 0.5) is 11.4 Å². The number of hydrogen-bond donors (Lipinski definition) is 0. The number of fused-ring (bicyclic) bond motifs is 2. The Kier molecular flexibility index (Phi) is 2.83. The van der Waals surface area contributed by atoms with Gasteiger partial charge in [0.05, 0.1) is 24.2 Å². The lowest BCUT2D eigenvalue weighted by molar-refractivity contribution is -0.116. The molecule has 0 aliphatic carbocycles. The van der Waals surface area contributed by atoms with Gasteiger partial charge in [-0.2, -0.15) is 17.0 Å².